The van der Waals surface area contributed by atoms with Crippen LogP contribution in [0.3, 0.4) is 0 Å². The van der Waals surface area contributed by atoms with Crippen molar-refractivity contribution in [1.82, 2.24) is 0 Å². The summed E-state index contributed by atoms with van der Waals surface area (Å²) in [4.78, 5) is 13.5. The molecule has 1 amide bonds. The molecule has 0 saturated carbocycles. The van der Waals surface area contributed by atoms with Gasteiger partial charge in [-0.05, 0) is 31.5 Å². The number of carbonyl (C=O) groups is 1. The molecule has 17 heavy (non-hydrogen) atoms. The molecule has 0 radical (unpaired) electrons. The van der Waals surface area contributed by atoms with Gasteiger partial charge in [-0.1, -0.05) is 6.07 Å². The van der Waals surface area contributed by atoms with Crippen molar-refractivity contribution in [2.45, 2.75) is 19.9 Å². The zero-order valence-electron chi connectivity index (χ0n) is 10.7. The topological polar surface area (TPSA) is 58.4 Å². The van der Waals surface area contributed by atoms with Gasteiger partial charge in [-0.2, -0.15) is 0 Å². The van der Waals surface area contributed by atoms with Crippen molar-refractivity contribution in [3.8, 4) is 0 Å². The van der Waals surface area contributed by atoms with Crippen LogP contribution in [0.25, 0.3) is 0 Å². The summed E-state index contributed by atoms with van der Waals surface area (Å²) in [6.45, 7) is 3.65. The minimum absolute atomic E-state index is 0. The summed E-state index contributed by atoms with van der Waals surface area (Å²) in [5.74, 6) is -0.168. The SMILES string of the molecule is Cc1c(NC(=O)C(C)N)cccc1N(C)C.Cl. The second-order valence-corrected chi connectivity index (χ2v) is 4.12. The molecule has 0 aromatic heterocycles. The van der Waals surface area contributed by atoms with Gasteiger partial charge >= 0.3 is 0 Å². The summed E-state index contributed by atoms with van der Waals surface area (Å²) in [6, 6.07) is 5.31. The van der Waals surface area contributed by atoms with Crippen molar-refractivity contribution >= 4 is 29.7 Å². The predicted molar refractivity (Wildman–Crippen MR) is 75.0 cm³/mol. The summed E-state index contributed by atoms with van der Waals surface area (Å²) >= 11 is 0. The van der Waals surface area contributed by atoms with E-state index in [-0.39, 0.29) is 18.3 Å². The lowest BCUT2D eigenvalue weighted by Crippen LogP contribution is -2.32. The Morgan fingerprint density at radius 2 is 2.00 bits per heavy atom. The lowest BCUT2D eigenvalue weighted by Gasteiger charge is -2.18. The molecule has 1 aromatic rings. The Morgan fingerprint density at radius 1 is 1.41 bits per heavy atom. The maximum Gasteiger partial charge on any atom is 0.241 e. The van der Waals surface area contributed by atoms with E-state index in [1.165, 1.54) is 0 Å². The molecule has 0 bridgehead atoms. The maximum atomic E-state index is 11.5. The van der Waals surface area contributed by atoms with Gasteiger partial charge in [0, 0.05) is 25.5 Å². The van der Waals surface area contributed by atoms with Crippen LogP contribution in [0.15, 0.2) is 18.2 Å². The van der Waals surface area contributed by atoms with Gasteiger partial charge in [-0.3, -0.25) is 4.79 Å². The van der Waals surface area contributed by atoms with Gasteiger partial charge in [0.25, 0.3) is 0 Å². The number of amides is 1. The van der Waals surface area contributed by atoms with Crippen LogP contribution in [0.4, 0.5) is 11.4 Å². The van der Waals surface area contributed by atoms with Crippen LogP contribution in [-0.4, -0.2) is 26.0 Å². The molecule has 4 nitrogen and oxygen atoms in total. The first-order chi connectivity index (χ1) is 7.43. The molecule has 1 atom stereocenters. The van der Waals surface area contributed by atoms with E-state index in [4.69, 9.17) is 5.73 Å². The average Bonchev–Trinajstić information content (AvgIpc) is 2.20. The number of hydrogen-bond acceptors (Lipinski definition) is 3. The van der Waals surface area contributed by atoms with E-state index in [2.05, 4.69) is 5.32 Å². The molecule has 0 fully saturated rings. The van der Waals surface area contributed by atoms with Crippen LogP contribution < -0.4 is 16.0 Å². The lowest BCUT2D eigenvalue weighted by atomic mass is 10.1. The van der Waals surface area contributed by atoms with Crippen LogP contribution in [-0.2, 0) is 4.79 Å². The Morgan fingerprint density at radius 3 is 2.47 bits per heavy atom. The standard InChI is InChI=1S/C12H19N3O.ClH/c1-8-10(14-12(16)9(2)13)6-5-7-11(8)15(3)4;/h5-7,9H,13H2,1-4H3,(H,14,16);1H. The third-order valence-electron chi connectivity index (χ3n) is 2.46. The van der Waals surface area contributed by atoms with Crippen LogP contribution in [0, 0.1) is 6.92 Å². The normalized spacial score (nSPS) is 11.4. The Bertz CT molecular complexity index is 391. The van der Waals surface area contributed by atoms with Gasteiger partial charge in [-0.15, -0.1) is 12.4 Å². The number of nitrogens with zero attached hydrogens (tertiary/aromatic N) is 1. The molecule has 5 heteroatoms. The molecule has 0 heterocycles. The molecule has 1 rings (SSSR count). The van der Waals surface area contributed by atoms with Gasteiger partial charge in [0.2, 0.25) is 5.91 Å². The number of benzene rings is 1. The van der Waals surface area contributed by atoms with Gasteiger partial charge in [0.15, 0.2) is 0 Å². The molecule has 0 aliphatic heterocycles. The van der Waals surface area contributed by atoms with E-state index >= 15 is 0 Å². The van der Waals surface area contributed by atoms with Crippen LogP contribution in [0.2, 0.25) is 0 Å². The Labute approximate surface area is 109 Å². The molecular weight excluding hydrogens is 238 g/mol. The van der Waals surface area contributed by atoms with E-state index < -0.39 is 6.04 Å². The van der Waals surface area contributed by atoms with Crippen LogP contribution in [0.1, 0.15) is 12.5 Å². The average molecular weight is 258 g/mol. The summed E-state index contributed by atoms with van der Waals surface area (Å²) in [6.07, 6.45) is 0. The van der Waals surface area contributed by atoms with Gasteiger partial charge in [0.1, 0.15) is 0 Å². The molecule has 96 valence electrons. The number of anilines is 2. The number of hydrogen-bond donors (Lipinski definition) is 2. The second kappa shape index (κ2) is 6.47. The fourth-order valence-electron chi connectivity index (χ4n) is 1.49. The maximum absolute atomic E-state index is 11.5. The molecule has 0 saturated heterocycles. The molecule has 0 aliphatic carbocycles. The Kier molecular flexibility index (Phi) is 5.99. The summed E-state index contributed by atoms with van der Waals surface area (Å²) < 4.78 is 0. The van der Waals surface area contributed by atoms with Crippen molar-refractivity contribution in [3.63, 3.8) is 0 Å². The number of nitrogens with two attached hydrogens (primary N) is 1. The second-order valence-electron chi connectivity index (χ2n) is 4.12. The fraction of sp³-hybridized carbons (Fsp3) is 0.417. The third kappa shape index (κ3) is 3.91. The molecule has 1 aromatic carbocycles. The molecular formula is C12H20ClN3O. The van der Waals surface area contributed by atoms with Crippen LogP contribution in [0.5, 0.6) is 0 Å². The highest BCUT2D eigenvalue weighted by molar-refractivity contribution is 5.95. The zero-order valence-corrected chi connectivity index (χ0v) is 11.5. The Hall–Kier alpha value is -1.26. The van der Waals surface area contributed by atoms with Crippen molar-refractivity contribution in [2.75, 3.05) is 24.3 Å². The molecule has 0 aliphatic rings. The van der Waals surface area contributed by atoms with Crippen molar-refractivity contribution in [3.05, 3.63) is 23.8 Å². The van der Waals surface area contributed by atoms with E-state index in [9.17, 15) is 4.79 Å². The summed E-state index contributed by atoms with van der Waals surface area (Å²) in [5, 5.41) is 2.81. The summed E-state index contributed by atoms with van der Waals surface area (Å²) in [7, 11) is 3.94. The quantitative estimate of drug-likeness (QED) is 0.868. The first-order valence-corrected chi connectivity index (χ1v) is 5.27. The molecule has 0 spiro atoms. The van der Waals surface area contributed by atoms with Gasteiger partial charge < -0.3 is 16.0 Å². The minimum Gasteiger partial charge on any atom is -0.377 e. The van der Waals surface area contributed by atoms with Crippen molar-refractivity contribution < 1.29 is 4.79 Å². The number of rotatable bonds is 3. The number of carbonyl (C=O) groups excluding carboxylic acids is 1. The third-order valence-corrected chi connectivity index (χ3v) is 2.46. The lowest BCUT2D eigenvalue weighted by molar-refractivity contribution is -0.117. The summed E-state index contributed by atoms with van der Waals surface area (Å²) in [5.41, 5.74) is 8.45. The first kappa shape index (κ1) is 15.7. The molecule has 3 N–H and O–H groups in total. The van der Waals surface area contributed by atoms with E-state index in [0.717, 1.165) is 16.9 Å². The number of nitrogens with one attached hydrogen (secondary N) is 1. The number of halogens is 1. The zero-order chi connectivity index (χ0) is 12.3. The monoisotopic (exact) mass is 257 g/mol. The predicted octanol–water partition coefficient (Wildman–Crippen LogP) is 1.77. The van der Waals surface area contributed by atoms with Gasteiger partial charge in [0.05, 0.1) is 6.04 Å². The smallest absolute Gasteiger partial charge is 0.241 e. The highest BCUT2D eigenvalue weighted by Gasteiger charge is 2.11. The van der Waals surface area contributed by atoms with Crippen molar-refractivity contribution in [2.24, 2.45) is 5.73 Å². The van der Waals surface area contributed by atoms with E-state index in [1.54, 1.807) is 6.92 Å². The molecule has 1 unspecified atom stereocenters. The minimum atomic E-state index is -0.498. The van der Waals surface area contributed by atoms with E-state index in [1.807, 2.05) is 44.1 Å². The van der Waals surface area contributed by atoms with Crippen molar-refractivity contribution in [1.29, 1.82) is 0 Å². The Balaban J connectivity index is 0.00000256. The first-order valence-electron chi connectivity index (χ1n) is 5.27. The fourth-order valence-corrected chi connectivity index (χ4v) is 1.49. The van der Waals surface area contributed by atoms with Crippen LogP contribution >= 0.6 is 12.4 Å². The van der Waals surface area contributed by atoms with E-state index in [0.29, 0.717) is 0 Å². The van der Waals surface area contributed by atoms with Gasteiger partial charge in [-0.25, -0.2) is 0 Å². The highest BCUT2D eigenvalue weighted by Crippen LogP contribution is 2.25. The highest BCUT2D eigenvalue weighted by atomic mass is 35.5. The largest absolute Gasteiger partial charge is 0.377 e.